The van der Waals surface area contributed by atoms with Crippen molar-refractivity contribution >= 4 is 57.2 Å². The Hall–Kier alpha value is -5.80. The smallest absolute Gasteiger partial charge is 0.252 e. The maximum Gasteiger partial charge on any atom is 0.252 e. The third-order valence-corrected chi connectivity index (χ3v) is 13.0. The van der Waals surface area contributed by atoms with Gasteiger partial charge in [0.25, 0.3) is 6.71 Å². The predicted molar refractivity (Wildman–Crippen MR) is 266 cm³/mol. The van der Waals surface area contributed by atoms with Gasteiger partial charge < -0.3 is 9.80 Å². The summed E-state index contributed by atoms with van der Waals surface area (Å²) in [4.78, 5) is 5.19. The summed E-state index contributed by atoms with van der Waals surface area (Å²) in [5, 5.41) is 0. The first-order valence-corrected chi connectivity index (χ1v) is 22.2. The van der Waals surface area contributed by atoms with Crippen molar-refractivity contribution in [3.63, 3.8) is 0 Å². The summed E-state index contributed by atoms with van der Waals surface area (Å²) in [7, 11) is 0. The van der Waals surface area contributed by atoms with E-state index in [2.05, 4.69) is 245 Å². The first kappa shape index (κ1) is 40.6. The zero-order valence-electron chi connectivity index (χ0n) is 38.4. The summed E-state index contributed by atoms with van der Waals surface area (Å²) in [5.41, 5.74) is 21.5. The van der Waals surface area contributed by atoms with Crippen LogP contribution >= 0.6 is 0 Å². The lowest BCUT2D eigenvalue weighted by Crippen LogP contribution is -2.61. The van der Waals surface area contributed by atoms with Gasteiger partial charge in [0.15, 0.2) is 0 Å². The highest BCUT2D eigenvalue weighted by Gasteiger charge is 2.44. The molecule has 0 radical (unpaired) electrons. The molecule has 7 aromatic carbocycles. The molecule has 2 aliphatic rings. The number of hydrogen-bond acceptors (Lipinski definition) is 2. The summed E-state index contributed by atoms with van der Waals surface area (Å²) >= 11 is 0. The van der Waals surface area contributed by atoms with Crippen LogP contribution in [0.3, 0.4) is 0 Å². The van der Waals surface area contributed by atoms with Gasteiger partial charge in [-0.25, -0.2) is 0 Å². The van der Waals surface area contributed by atoms with Gasteiger partial charge in [-0.1, -0.05) is 186 Å². The van der Waals surface area contributed by atoms with Gasteiger partial charge in [-0.2, -0.15) is 0 Å². The van der Waals surface area contributed by atoms with E-state index in [1.165, 1.54) is 95.0 Å². The molecule has 0 N–H and O–H groups in total. The number of rotatable bonds is 4. The minimum Gasteiger partial charge on any atom is -0.311 e. The van der Waals surface area contributed by atoms with Crippen LogP contribution in [0, 0.1) is 0 Å². The highest BCUT2D eigenvalue weighted by molar-refractivity contribution is 7.00. The largest absolute Gasteiger partial charge is 0.311 e. The van der Waals surface area contributed by atoms with E-state index in [9.17, 15) is 0 Å². The number of benzene rings is 7. The van der Waals surface area contributed by atoms with Crippen LogP contribution in [0.25, 0.3) is 22.3 Å². The maximum absolute atomic E-state index is 2.59. The summed E-state index contributed by atoms with van der Waals surface area (Å²) in [5.74, 6) is 0. The third kappa shape index (κ3) is 7.31. The van der Waals surface area contributed by atoms with Gasteiger partial charge in [0.1, 0.15) is 0 Å². The Labute approximate surface area is 366 Å². The molecule has 0 bridgehead atoms. The zero-order valence-corrected chi connectivity index (χ0v) is 38.4. The van der Waals surface area contributed by atoms with Gasteiger partial charge in [-0.15, -0.1) is 0 Å². The first-order chi connectivity index (χ1) is 28.8. The minimum atomic E-state index is -0.0335. The van der Waals surface area contributed by atoms with Gasteiger partial charge in [0, 0.05) is 34.1 Å². The second-order valence-electron chi connectivity index (χ2n) is 21.6. The highest BCUT2D eigenvalue weighted by atomic mass is 15.2. The van der Waals surface area contributed by atoms with Crippen molar-refractivity contribution in [1.29, 1.82) is 0 Å². The number of anilines is 6. The fourth-order valence-corrected chi connectivity index (χ4v) is 9.32. The molecule has 3 heteroatoms. The Morgan fingerprint density at radius 3 is 0.984 bits per heavy atom. The summed E-state index contributed by atoms with van der Waals surface area (Å²) in [6.07, 6.45) is 0. The average Bonchev–Trinajstić information content (AvgIpc) is 3.22. The number of fused-ring (bicyclic) bond motifs is 4. The fourth-order valence-electron chi connectivity index (χ4n) is 9.32. The molecular weight excluding hydrogens is 735 g/mol. The van der Waals surface area contributed by atoms with Gasteiger partial charge in [-0.3, -0.25) is 0 Å². The molecule has 0 atom stereocenters. The Morgan fingerprint density at radius 1 is 0.311 bits per heavy atom. The fraction of sp³-hybridized carbons (Fsp3) is 0.276. The molecule has 306 valence electrons. The van der Waals surface area contributed by atoms with Crippen LogP contribution in [0.5, 0.6) is 0 Å². The first-order valence-electron chi connectivity index (χ1n) is 22.2. The number of nitrogens with zero attached hydrogens (tertiary/aromatic N) is 2. The quantitative estimate of drug-likeness (QED) is 0.164. The lowest BCUT2D eigenvalue weighted by atomic mass is 9.33. The molecule has 0 aromatic heterocycles. The Morgan fingerprint density at radius 2 is 0.656 bits per heavy atom. The molecule has 0 aliphatic carbocycles. The number of hydrogen-bond donors (Lipinski definition) is 0. The molecule has 0 saturated carbocycles. The van der Waals surface area contributed by atoms with E-state index in [-0.39, 0.29) is 28.4 Å². The van der Waals surface area contributed by atoms with Gasteiger partial charge >= 0.3 is 0 Å². The van der Waals surface area contributed by atoms with Crippen LogP contribution in [-0.2, 0) is 21.7 Å². The SMILES string of the molecule is CC(C)(C)c1cc(N2c3cc(-c4ccccc4)ccc3B3c4ccc(-c5ccccc5)cc4N(c4cc(C(C)(C)C)cc(C(C)(C)C)c4)c4cccc2c43)cc(C(C)(C)C)c1. The van der Waals surface area contributed by atoms with E-state index in [1.807, 2.05) is 0 Å². The van der Waals surface area contributed by atoms with E-state index in [4.69, 9.17) is 0 Å². The molecule has 0 unspecified atom stereocenters. The standard InChI is InChI=1S/C58H61BN2/c1-55(2,3)42-32-43(56(4,5)6)35-46(34-42)60-50-24-19-25-51-54(50)59(48-28-26-40(30-52(48)60)38-20-15-13-16-21-38)49-29-27-41(39-22-17-14-18-23-39)31-53(49)61(51)47-36-44(57(7,8)9)33-45(37-47)58(10,11)12/h13-37H,1-12H3. The molecule has 9 rings (SSSR count). The summed E-state index contributed by atoms with van der Waals surface area (Å²) in [6, 6.07) is 57.9. The second-order valence-corrected chi connectivity index (χ2v) is 21.6. The van der Waals surface area contributed by atoms with Crippen molar-refractivity contribution in [2.45, 2.75) is 105 Å². The van der Waals surface area contributed by atoms with Crippen LogP contribution in [-0.4, -0.2) is 6.71 Å². The van der Waals surface area contributed by atoms with Gasteiger partial charge in [0.05, 0.1) is 0 Å². The lowest BCUT2D eigenvalue weighted by molar-refractivity contribution is 0.568. The molecule has 2 aliphatic heterocycles. The average molecular weight is 797 g/mol. The summed E-state index contributed by atoms with van der Waals surface area (Å²) < 4.78 is 0. The van der Waals surface area contributed by atoms with E-state index in [0.29, 0.717) is 0 Å². The van der Waals surface area contributed by atoms with Crippen molar-refractivity contribution in [1.82, 2.24) is 0 Å². The lowest BCUT2D eigenvalue weighted by Gasteiger charge is -2.45. The van der Waals surface area contributed by atoms with Crippen LogP contribution in [0.2, 0.25) is 0 Å². The third-order valence-electron chi connectivity index (χ3n) is 13.0. The molecule has 2 nitrogen and oxygen atoms in total. The van der Waals surface area contributed by atoms with E-state index >= 15 is 0 Å². The molecule has 61 heavy (non-hydrogen) atoms. The van der Waals surface area contributed by atoms with E-state index < -0.39 is 0 Å². The van der Waals surface area contributed by atoms with Gasteiger partial charge in [-0.05, 0) is 131 Å². The maximum atomic E-state index is 2.59. The Kier molecular flexibility index (Phi) is 9.59. The van der Waals surface area contributed by atoms with E-state index in [1.54, 1.807) is 0 Å². The Balaban J connectivity index is 1.39. The summed E-state index contributed by atoms with van der Waals surface area (Å²) in [6.45, 7) is 28.1. The van der Waals surface area contributed by atoms with Crippen LogP contribution in [0.1, 0.15) is 105 Å². The van der Waals surface area contributed by atoms with Gasteiger partial charge in [0.2, 0.25) is 0 Å². The molecule has 2 heterocycles. The van der Waals surface area contributed by atoms with Crippen molar-refractivity contribution in [3.8, 4) is 22.3 Å². The molecular formula is C58H61BN2. The highest BCUT2D eigenvalue weighted by Crippen LogP contribution is 2.48. The Bertz CT molecular complexity index is 2540. The van der Waals surface area contributed by atoms with Crippen LogP contribution in [0.15, 0.2) is 152 Å². The predicted octanol–water partition coefficient (Wildman–Crippen LogP) is 14.3. The monoisotopic (exact) mass is 796 g/mol. The molecule has 0 amide bonds. The minimum absolute atomic E-state index is 0.0270. The molecule has 0 fully saturated rings. The topological polar surface area (TPSA) is 6.48 Å². The van der Waals surface area contributed by atoms with Crippen molar-refractivity contribution < 1.29 is 0 Å². The molecule has 0 spiro atoms. The van der Waals surface area contributed by atoms with Crippen molar-refractivity contribution in [3.05, 3.63) is 174 Å². The molecule has 0 saturated heterocycles. The van der Waals surface area contributed by atoms with Crippen molar-refractivity contribution in [2.75, 3.05) is 9.80 Å². The van der Waals surface area contributed by atoms with Crippen LogP contribution in [0.4, 0.5) is 34.1 Å². The van der Waals surface area contributed by atoms with E-state index in [0.717, 1.165) is 0 Å². The van der Waals surface area contributed by atoms with Crippen LogP contribution < -0.4 is 26.2 Å². The molecule has 7 aromatic rings. The normalized spacial score (nSPS) is 13.8. The van der Waals surface area contributed by atoms with Crippen molar-refractivity contribution in [2.24, 2.45) is 0 Å². The zero-order chi connectivity index (χ0) is 43.2. The second kappa shape index (κ2) is 14.4.